The maximum Gasteiger partial charge on any atom is 0.123 e. The maximum atomic E-state index is 14.2. The number of anilines is 3. The van der Waals surface area contributed by atoms with E-state index in [0.717, 1.165) is 50.4 Å². The van der Waals surface area contributed by atoms with Gasteiger partial charge in [0.15, 0.2) is 0 Å². The average Bonchev–Trinajstić information content (AvgIpc) is 3.30. The van der Waals surface area contributed by atoms with Crippen molar-refractivity contribution in [2.75, 3.05) is 4.90 Å². The molecule has 0 saturated heterocycles. The quantitative estimate of drug-likeness (QED) is 0.218. The standard InChI is InChI=1S/C37H25F2N/c38-28-19-15-26(16-20-28)37(27-17-21-29(39)22-18-27)35-14-8-7-13-33(35)34-24-23-32(25-36(34)37)40(30-9-3-1-4-10-30)31-11-5-2-6-12-31/h1-25H. The van der Waals surface area contributed by atoms with E-state index in [9.17, 15) is 8.78 Å². The minimum absolute atomic E-state index is 0.294. The predicted molar refractivity (Wildman–Crippen MR) is 158 cm³/mol. The number of hydrogen-bond acceptors (Lipinski definition) is 1. The van der Waals surface area contributed by atoms with E-state index in [2.05, 4.69) is 59.5 Å². The Labute approximate surface area is 232 Å². The summed E-state index contributed by atoms with van der Waals surface area (Å²) in [5.41, 5.74) is 8.55. The van der Waals surface area contributed by atoms with Crippen LogP contribution in [-0.4, -0.2) is 0 Å². The Balaban J connectivity index is 1.55. The molecule has 0 unspecified atom stereocenters. The van der Waals surface area contributed by atoms with E-state index in [-0.39, 0.29) is 11.6 Å². The zero-order valence-corrected chi connectivity index (χ0v) is 21.6. The van der Waals surface area contributed by atoms with Crippen molar-refractivity contribution in [3.63, 3.8) is 0 Å². The lowest BCUT2D eigenvalue weighted by molar-refractivity contribution is 0.622. The van der Waals surface area contributed by atoms with Crippen LogP contribution < -0.4 is 4.90 Å². The third kappa shape index (κ3) is 3.74. The molecule has 0 aliphatic heterocycles. The first kappa shape index (κ1) is 24.1. The van der Waals surface area contributed by atoms with Crippen molar-refractivity contribution in [1.82, 2.24) is 0 Å². The fraction of sp³-hybridized carbons (Fsp3) is 0.0270. The Morgan fingerprint density at radius 3 is 1.43 bits per heavy atom. The molecule has 192 valence electrons. The van der Waals surface area contributed by atoms with Gasteiger partial charge >= 0.3 is 0 Å². The second-order valence-corrected chi connectivity index (χ2v) is 10.0. The monoisotopic (exact) mass is 521 g/mol. The number of rotatable bonds is 5. The molecule has 0 aromatic heterocycles. The highest BCUT2D eigenvalue weighted by atomic mass is 19.1. The van der Waals surface area contributed by atoms with Crippen LogP contribution in [0.4, 0.5) is 25.8 Å². The predicted octanol–water partition coefficient (Wildman–Crippen LogP) is 9.80. The van der Waals surface area contributed by atoms with Gasteiger partial charge in [0.1, 0.15) is 11.6 Å². The molecule has 1 aliphatic carbocycles. The van der Waals surface area contributed by atoms with Crippen molar-refractivity contribution in [2.24, 2.45) is 0 Å². The molecule has 0 radical (unpaired) electrons. The molecule has 0 spiro atoms. The average molecular weight is 522 g/mol. The Morgan fingerprint density at radius 2 is 0.875 bits per heavy atom. The lowest BCUT2D eigenvalue weighted by Gasteiger charge is -2.35. The van der Waals surface area contributed by atoms with E-state index in [1.54, 1.807) is 0 Å². The summed E-state index contributed by atoms with van der Waals surface area (Å²) in [7, 11) is 0. The smallest absolute Gasteiger partial charge is 0.123 e. The Kier molecular flexibility index (Phi) is 5.78. The fourth-order valence-electron chi connectivity index (χ4n) is 6.20. The highest BCUT2D eigenvalue weighted by Crippen LogP contribution is 2.57. The summed E-state index contributed by atoms with van der Waals surface area (Å²) in [5.74, 6) is -0.588. The molecule has 0 amide bonds. The summed E-state index contributed by atoms with van der Waals surface area (Å²) >= 11 is 0. The second kappa shape index (κ2) is 9.62. The minimum Gasteiger partial charge on any atom is -0.310 e. The molecule has 1 nitrogen and oxygen atoms in total. The molecule has 40 heavy (non-hydrogen) atoms. The van der Waals surface area contributed by atoms with Gasteiger partial charge in [-0.1, -0.05) is 91.0 Å². The van der Waals surface area contributed by atoms with Crippen molar-refractivity contribution in [3.8, 4) is 11.1 Å². The van der Waals surface area contributed by atoms with Gasteiger partial charge in [-0.25, -0.2) is 8.78 Å². The number of nitrogens with zero attached hydrogens (tertiary/aromatic N) is 1. The number of hydrogen-bond donors (Lipinski definition) is 0. The molecule has 0 N–H and O–H groups in total. The van der Waals surface area contributed by atoms with Gasteiger partial charge < -0.3 is 4.90 Å². The first-order chi connectivity index (χ1) is 19.7. The van der Waals surface area contributed by atoms with E-state index in [1.807, 2.05) is 72.8 Å². The van der Waals surface area contributed by atoms with Gasteiger partial charge in [0.2, 0.25) is 0 Å². The van der Waals surface area contributed by atoms with Gasteiger partial charge in [0.25, 0.3) is 0 Å². The van der Waals surface area contributed by atoms with Gasteiger partial charge in [-0.05, 0) is 94.0 Å². The van der Waals surface area contributed by atoms with Crippen LogP contribution in [-0.2, 0) is 5.41 Å². The molecule has 0 fully saturated rings. The van der Waals surface area contributed by atoms with Gasteiger partial charge in [-0.2, -0.15) is 0 Å². The third-order valence-corrected chi connectivity index (χ3v) is 7.87. The van der Waals surface area contributed by atoms with Crippen LogP contribution in [0.3, 0.4) is 0 Å². The maximum absolute atomic E-state index is 14.2. The van der Waals surface area contributed by atoms with Crippen LogP contribution in [0.1, 0.15) is 22.3 Å². The van der Waals surface area contributed by atoms with Crippen molar-refractivity contribution in [3.05, 3.63) is 186 Å². The molecule has 3 heteroatoms. The zero-order valence-electron chi connectivity index (χ0n) is 21.6. The molecule has 0 bridgehead atoms. The summed E-state index contributed by atoms with van der Waals surface area (Å²) in [4.78, 5) is 2.24. The van der Waals surface area contributed by atoms with Crippen LogP contribution in [0.5, 0.6) is 0 Å². The van der Waals surface area contributed by atoms with Crippen molar-refractivity contribution < 1.29 is 8.78 Å². The van der Waals surface area contributed by atoms with Crippen LogP contribution in [0.25, 0.3) is 11.1 Å². The summed E-state index contributed by atoms with van der Waals surface area (Å²) in [5, 5.41) is 0. The Bertz CT molecular complexity index is 1710. The topological polar surface area (TPSA) is 3.24 Å². The van der Waals surface area contributed by atoms with Crippen molar-refractivity contribution >= 4 is 17.1 Å². The van der Waals surface area contributed by atoms with Gasteiger partial charge in [-0.15, -0.1) is 0 Å². The third-order valence-electron chi connectivity index (χ3n) is 7.87. The Hall–Kier alpha value is -5.02. The minimum atomic E-state index is -0.762. The molecule has 0 heterocycles. The summed E-state index contributed by atoms with van der Waals surface area (Å²) < 4.78 is 28.5. The summed E-state index contributed by atoms with van der Waals surface area (Å²) in [6.45, 7) is 0. The van der Waals surface area contributed by atoms with E-state index < -0.39 is 5.41 Å². The van der Waals surface area contributed by atoms with E-state index in [0.29, 0.717) is 0 Å². The first-order valence-electron chi connectivity index (χ1n) is 13.3. The van der Waals surface area contributed by atoms with Crippen molar-refractivity contribution in [1.29, 1.82) is 0 Å². The van der Waals surface area contributed by atoms with Gasteiger partial charge in [-0.3, -0.25) is 0 Å². The number of benzene rings is 6. The largest absolute Gasteiger partial charge is 0.310 e. The van der Waals surface area contributed by atoms with Gasteiger partial charge in [0.05, 0.1) is 5.41 Å². The molecule has 1 aliphatic rings. The van der Waals surface area contributed by atoms with E-state index in [4.69, 9.17) is 0 Å². The molecular formula is C37H25F2N. The second-order valence-electron chi connectivity index (χ2n) is 10.0. The molecule has 6 aromatic carbocycles. The van der Waals surface area contributed by atoms with Crippen LogP contribution in [0.15, 0.2) is 152 Å². The normalized spacial score (nSPS) is 12.9. The van der Waals surface area contributed by atoms with Gasteiger partial charge in [0, 0.05) is 17.1 Å². The molecule has 7 rings (SSSR count). The lowest BCUT2D eigenvalue weighted by Crippen LogP contribution is -2.29. The number of halogens is 2. The SMILES string of the molecule is Fc1ccc(C2(c3ccc(F)cc3)c3ccccc3-c3ccc(N(c4ccccc4)c4ccccc4)cc32)cc1. The summed E-state index contributed by atoms with van der Waals surface area (Å²) in [6, 6.07) is 48.9. The number of fused-ring (bicyclic) bond motifs is 3. The summed E-state index contributed by atoms with van der Waals surface area (Å²) in [6.07, 6.45) is 0. The highest BCUT2D eigenvalue weighted by molar-refractivity contribution is 5.89. The first-order valence-corrected chi connectivity index (χ1v) is 13.3. The molecule has 0 saturated carbocycles. The lowest BCUT2D eigenvalue weighted by atomic mass is 9.67. The highest BCUT2D eigenvalue weighted by Gasteiger charge is 2.46. The van der Waals surface area contributed by atoms with E-state index in [1.165, 1.54) is 24.3 Å². The van der Waals surface area contributed by atoms with Crippen LogP contribution in [0.2, 0.25) is 0 Å². The fourth-order valence-corrected chi connectivity index (χ4v) is 6.20. The van der Waals surface area contributed by atoms with E-state index >= 15 is 0 Å². The van der Waals surface area contributed by atoms with Crippen LogP contribution in [0, 0.1) is 11.6 Å². The zero-order chi connectivity index (χ0) is 27.1. The number of para-hydroxylation sites is 2. The molecule has 0 atom stereocenters. The molecule has 6 aromatic rings. The Morgan fingerprint density at radius 1 is 0.400 bits per heavy atom. The molecular weight excluding hydrogens is 496 g/mol. The van der Waals surface area contributed by atoms with Crippen LogP contribution >= 0.6 is 0 Å². The van der Waals surface area contributed by atoms with Crippen molar-refractivity contribution in [2.45, 2.75) is 5.41 Å².